The monoisotopic (exact) mass is 318 g/mol. The first-order chi connectivity index (χ1) is 8.45. The van der Waals surface area contributed by atoms with Gasteiger partial charge in [-0.2, -0.15) is 10.2 Å². The maximum Gasteiger partial charge on any atom is 0.244 e. The maximum atomic E-state index is 12.3. The third kappa shape index (κ3) is 2.95. The molecule has 98 valence electrons. The van der Waals surface area contributed by atoms with Crippen LogP contribution in [0.25, 0.3) is 0 Å². The third-order valence-electron chi connectivity index (χ3n) is 2.62. The summed E-state index contributed by atoms with van der Waals surface area (Å²) in [6.07, 6.45) is -0.162. The third-order valence-corrected chi connectivity index (χ3v) is 3.28. The van der Waals surface area contributed by atoms with Crippen molar-refractivity contribution in [1.82, 2.24) is 19.6 Å². The number of aromatic nitrogens is 4. The van der Waals surface area contributed by atoms with Gasteiger partial charge in [-0.1, -0.05) is 0 Å². The number of hydrogen-bond donors (Lipinski definition) is 0. The van der Waals surface area contributed by atoms with E-state index in [0.717, 1.165) is 15.9 Å². The maximum absolute atomic E-state index is 12.3. The van der Waals surface area contributed by atoms with Crippen LogP contribution in [0.5, 0.6) is 0 Å². The van der Waals surface area contributed by atoms with E-state index in [9.17, 15) is 8.78 Å². The van der Waals surface area contributed by atoms with Crippen molar-refractivity contribution in [3.63, 3.8) is 0 Å². The average molecular weight is 319 g/mol. The van der Waals surface area contributed by atoms with Crippen LogP contribution in [0.15, 0.2) is 16.9 Å². The summed E-state index contributed by atoms with van der Waals surface area (Å²) >= 11 is 3.36. The molecule has 0 radical (unpaired) electrons. The van der Waals surface area contributed by atoms with Gasteiger partial charge < -0.3 is 0 Å². The second-order valence-corrected chi connectivity index (χ2v) is 4.89. The van der Waals surface area contributed by atoms with Crippen molar-refractivity contribution >= 4 is 15.9 Å². The summed E-state index contributed by atoms with van der Waals surface area (Å²) in [6.45, 7) is 0. The van der Waals surface area contributed by atoms with Gasteiger partial charge in [0.1, 0.15) is 4.60 Å². The highest BCUT2D eigenvalue weighted by atomic mass is 79.9. The summed E-state index contributed by atoms with van der Waals surface area (Å²) in [5.74, 6) is 0. The highest BCUT2D eigenvalue weighted by molar-refractivity contribution is 9.10. The lowest BCUT2D eigenvalue weighted by Gasteiger charge is -1.99. The molecule has 0 unspecified atom stereocenters. The molecule has 0 amide bonds. The Balaban J connectivity index is 2.19. The van der Waals surface area contributed by atoms with Crippen molar-refractivity contribution in [2.75, 3.05) is 0 Å². The fourth-order valence-corrected chi connectivity index (χ4v) is 2.31. The molecule has 0 saturated heterocycles. The molecule has 0 saturated carbocycles. The van der Waals surface area contributed by atoms with Gasteiger partial charge in [0.05, 0.1) is 12.1 Å². The molecule has 2 aromatic heterocycles. The molecule has 0 spiro atoms. The lowest BCUT2D eigenvalue weighted by atomic mass is 10.2. The minimum atomic E-state index is -2.36. The zero-order valence-electron chi connectivity index (χ0n) is 10.1. The van der Waals surface area contributed by atoms with Gasteiger partial charge >= 0.3 is 0 Å². The van der Waals surface area contributed by atoms with E-state index < -0.39 is 6.43 Å². The van der Waals surface area contributed by atoms with Gasteiger partial charge in [-0.15, -0.1) is 0 Å². The van der Waals surface area contributed by atoms with E-state index in [-0.39, 0.29) is 6.42 Å². The van der Waals surface area contributed by atoms with E-state index in [0.29, 0.717) is 12.1 Å². The zero-order valence-corrected chi connectivity index (χ0v) is 11.7. The molecule has 2 aromatic rings. The molecule has 18 heavy (non-hydrogen) atoms. The quantitative estimate of drug-likeness (QED) is 0.867. The Kier molecular flexibility index (Phi) is 3.79. The van der Waals surface area contributed by atoms with Crippen molar-refractivity contribution in [2.24, 2.45) is 14.1 Å². The van der Waals surface area contributed by atoms with E-state index >= 15 is 0 Å². The zero-order chi connectivity index (χ0) is 13.3. The predicted octanol–water partition coefficient (Wildman–Crippen LogP) is 2.31. The van der Waals surface area contributed by atoms with Gasteiger partial charge in [0.25, 0.3) is 0 Å². The minimum Gasteiger partial charge on any atom is -0.274 e. The van der Waals surface area contributed by atoms with Gasteiger partial charge in [-0.25, -0.2) is 8.78 Å². The van der Waals surface area contributed by atoms with Crippen molar-refractivity contribution < 1.29 is 8.78 Å². The largest absolute Gasteiger partial charge is 0.274 e. The summed E-state index contributed by atoms with van der Waals surface area (Å²) in [6, 6.07) is 1.71. The number of nitrogens with zero attached hydrogens (tertiary/aromatic N) is 4. The van der Waals surface area contributed by atoms with Crippen LogP contribution in [-0.4, -0.2) is 26.0 Å². The molecule has 0 aliphatic rings. The minimum absolute atomic E-state index is 0.304. The van der Waals surface area contributed by atoms with Crippen LogP contribution in [0.3, 0.4) is 0 Å². The van der Waals surface area contributed by atoms with Gasteiger partial charge in [-0.3, -0.25) is 9.36 Å². The Bertz CT molecular complexity index is 547. The summed E-state index contributed by atoms with van der Waals surface area (Å²) in [4.78, 5) is 0. The Morgan fingerprint density at radius 2 is 2.06 bits per heavy atom. The first-order valence-electron chi connectivity index (χ1n) is 5.43. The number of rotatable bonds is 4. The van der Waals surface area contributed by atoms with Crippen molar-refractivity contribution in [2.45, 2.75) is 19.3 Å². The molecule has 0 fully saturated rings. The lowest BCUT2D eigenvalue weighted by Crippen LogP contribution is -2.00. The Morgan fingerprint density at radius 3 is 2.61 bits per heavy atom. The molecular weight excluding hydrogens is 306 g/mol. The van der Waals surface area contributed by atoms with E-state index in [1.54, 1.807) is 22.5 Å². The summed E-state index contributed by atoms with van der Waals surface area (Å²) in [5, 5.41) is 8.25. The van der Waals surface area contributed by atoms with Crippen molar-refractivity contribution in [3.05, 3.63) is 33.8 Å². The van der Waals surface area contributed by atoms with Crippen molar-refractivity contribution in [3.8, 4) is 0 Å². The van der Waals surface area contributed by atoms with Crippen molar-refractivity contribution in [1.29, 1.82) is 0 Å². The fraction of sp³-hybridized carbons (Fsp3) is 0.455. The molecule has 0 bridgehead atoms. The summed E-state index contributed by atoms with van der Waals surface area (Å²) < 4.78 is 28.7. The van der Waals surface area contributed by atoms with Crippen LogP contribution < -0.4 is 0 Å². The standard InChI is InChI=1S/C11H13BrF2N4/c1-17-6-7(11(12)16-17)3-9-4-8(5-10(13)14)15-18(9)2/h4,6,10H,3,5H2,1-2H3. The SMILES string of the molecule is Cn1cc(Cc2cc(CC(F)F)nn2C)c(Br)n1. The Labute approximate surface area is 112 Å². The predicted molar refractivity (Wildman–Crippen MR) is 66.6 cm³/mol. The van der Waals surface area contributed by atoms with E-state index in [4.69, 9.17) is 0 Å². The number of aryl methyl sites for hydroxylation is 2. The number of alkyl halides is 2. The Hall–Kier alpha value is -1.24. The average Bonchev–Trinajstić information content (AvgIpc) is 2.71. The molecule has 0 aliphatic heterocycles. The molecule has 0 aliphatic carbocycles. The van der Waals surface area contributed by atoms with Gasteiger partial charge in [-0.05, 0) is 22.0 Å². The molecule has 7 heteroatoms. The lowest BCUT2D eigenvalue weighted by molar-refractivity contribution is 0.147. The van der Waals surface area contributed by atoms with Crippen LogP contribution in [-0.2, 0) is 26.9 Å². The highest BCUT2D eigenvalue weighted by Gasteiger charge is 2.13. The highest BCUT2D eigenvalue weighted by Crippen LogP contribution is 2.19. The van der Waals surface area contributed by atoms with Crippen LogP contribution in [0, 0.1) is 0 Å². The van der Waals surface area contributed by atoms with Gasteiger partial charge in [0.15, 0.2) is 0 Å². The van der Waals surface area contributed by atoms with Gasteiger partial charge in [0.2, 0.25) is 6.43 Å². The molecule has 0 N–H and O–H groups in total. The fourth-order valence-electron chi connectivity index (χ4n) is 1.82. The topological polar surface area (TPSA) is 35.6 Å². The molecule has 2 heterocycles. The first-order valence-corrected chi connectivity index (χ1v) is 6.23. The van der Waals surface area contributed by atoms with Crippen LogP contribution in [0.1, 0.15) is 17.0 Å². The molecule has 0 aromatic carbocycles. The van der Waals surface area contributed by atoms with Gasteiger partial charge in [0, 0.05) is 38.0 Å². The van der Waals surface area contributed by atoms with Crippen LogP contribution in [0.2, 0.25) is 0 Å². The summed E-state index contributed by atoms with van der Waals surface area (Å²) in [5.41, 5.74) is 2.31. The van der Waals surface area contributed by atoms with E-state index in [1.807, 2.05) is 13.2 Å². The molecular formula is C11H13BrF2N4. The Morgan fingerprint density at radius 1 is 1.33 bits per heavy atom. The molecule has 4 nitrogen and oxygen atoms in total. The number of hydrogen-bond acceptors (Lipinski definition) is 2. The summed E-state index contributed by atoms with van der Waals surface area (Å²) in [7, 11) is 3.59. The van der Waals surface area contributed by atoms with E-state index in [2.05, 4.69) is 26.1 Å². The smallest absolute Gasteiger partial charge is 0.244 e. The molecule has 2 rings (SSSR count). The second-order valence-electron chi connectivity index (χ2n) is 4.14. The van der Waals surface area contributed by atoms with Crippen LogP contribution >= 0.6 is 15.9 Å². The number of halogens is 3. The van der Waals surface area contributed by atoms with Crippen LogP contribution in [0.4, 0.5) is 8.78 Å². The first kappa shape index (κ1) is 13.2. The normalized spacial score (nSPS) is 11.4. The van der Waals surface area contributed by atoms with E-state index in [1.165, 1.54) is 0 Å². The second kappa shape index (κ2) is 5.17. The molecule has 0 atom stereocenters.